The van der Waals surface area contributed by atoms with Crippen LogP contribution < -0.4 is 0 Å². The van der Waals surface area contributed by atoms with Gasteiger partial charge in [-0.05, 0) is 81.3 Å². The number of benzene rings is 8. The summed E-state index contributed by atoms with van der Waals surface area (Å²) in [7, 11) is 0. The summed E-state index contributed by atoms with van der Waals surface area (Å²) in [5.41, 5.74) is 12.1. The predicted octanol–water partition coefficient (Wildman–Crippen LogP) is 12.3. The second kappa shape index (κ2) is 12.4. The molecule has 8 aromatic carbocycles. The van der Waals surface area contributed by atoms with Crippen molar-refractivity contribution in [1.82, 2.24) is 9.55 Å². The SMILES string of the molecule is Cc1c(-c2ccccc2)c(-c2ccccc2)c(C)c(-c2nc3c4ccccc4c4ccccc4c3n2C(=O)c2ccccc2)c1-c1ccccc1. The van der Waals surface area contributed by atoms with Gasteiger partial charge < -0.3 is 0 Å². The molecule has 9 rings (SSSR count). The summed E-state index contributed by atoms with van der Waals surface area (Å²) in [5, 5.41) is 4.22. The van der Waals surface area contributed by atoms with Crippen LogP contribution in [0.4, 0.5) is 0 Å². The summed E-state index contributed by atoms with van der Waals surface area (Å²) in [5.74, 6) is 0.523. The van der Waals surface area contributed by atoms with Crippen molar-refractivity contribution >= 4 is 38.5 Å². The zero-order chi connectivity index (χ0) is 34.5. The molecule has 3 heteroatoms. The van der Waals surface area contributed by atoms with Crippen molar-refractivity contribution in [1.29, 1.82) is 0 Å². The minimum absolute atomic E-state index is 0.113. The Hall–Kier alpha value is -6.58. The second-order valence-corrected chi connectivity index (χ2v) is 13.1. The number of imidazole rings is 1. The first-order valence-corrected chi connectivity index (χ1v) is 17.4. The Balaban J connectivity index is 1.52. The Morgan fingerprint density at radius 1 is 0.431 bits per heavy atom. The first-order chi connectivity index (χ1) is 25.1. The van der Waals surface area contributed by atoms with E-state index in [9.17, 15) is 0 Å². The van der Waals surface area contributed by atoms with Crippen LogP contribution in [0.3, 0.4) is 0 Å². The van der Waals surface area contributed by atoms with E-state index in [-0.39, 0.29) is 5.91 Å². The molecule has 0 radical (unpaired) electrons. The van der Waals surface area contributed by atoms with E-state index in [0.717, 1.165) is 77.1 Å². The Bertz CT molecular complexity index is 2750. The molecule has 0 bridgehead atoms. The van der Waals surface area contributed by atoms with Crippen molar-refractivity contribution in [2.45, 2.75) is 13.8 Å². The van der Waals surface area contributed by atoms with Crippen LogP contribution in [0, 0.1) is 13.8 Å². The van der Waals surface area contributed by atoms with Crippen LogP contribution >= 0.6 is 0 Å². The van der Waals surface area contributed by atoms with Gasteiger partial charge in [-0.1, -0.05) is 158 Å². The number of carbonyl (C=O) groups is 1. The molecule has 1 heterocycles. The smallest absolute Gasteiger partial charge is 0.264 e. The van der Waals surface area contributed by atoms with Gasteiger partial charge in [0, 0.05) is 21.9 Å². The number of aromatic nitrogens is 2. The van der Waals surface area contributed by atoms with E-state index in [4.69, 9.17) is 4.98 Å². The topological polar surface area (TPSA) is 34.9 Å². The number of hydrogen-bond donors (Lipinski definition) is 0. The lowest BCUT2D eigenvalue weighted by Crippen LogP contribution is -2.15. The first-order valence-electron chi connectivity index (χ1n) is 17.4. The molecular weight excluding hydrogens is 621 g/mol. The van der Waals surface area contributed by atoms with Crippen molar-refractivity contribution in [3.8, 4) is 44.8 Å². The van der Waals surface area contributed by atoms with E-state index in [1.807, 2.05) is 47.0 Å². The third-order valence-corrected chi connectivity index (χ3v) is 10.2. The molecule has 0 aliphatic rings. The highest BCUT2D eigenvalue weighted by Crippen LogP contribution is 2.49. The maximum absolute atomic E-state index is 15.1. The molecule has 0 atom stereocenters. The Morgan fingerprint density at radius 3 is 1.31 bits per heavy atom. The molecule has 0 aliphatic carbocycles. The molecule has 0 aliphatic heterocycles. The van der Waals surface area contributed by atoms with E-state index >= 15 is 4.79 Å². The van der Waals surface area contributed by atoms with E-state index in [2.05, 4.69) is 141 Å². The third kappa shape index (κ3) is 4.89. The average molecular weight is 655 g/mol. The lowest BCUT2D eigenvalue weighted by Gasteiger charge is -2.25. The van der Waals surface area contributed by atoms with Crippen molar-refractivity contribution in [2.24, 2.45) is 0 Å². The minimum Gasteiger partial charge on any atom is -0.268 e. The lowest BCUT2D eigenvalue weighted by molar-refractivity contribution is 0.0966. The molecule has 0 saturated heterocycles. The molecule has 0 N–H and O–H groups in total. The quantitative estimate of drug-likeness (QED) is 0.173. The van der Waals surface area contributed by atoms with Gasteiger partial charge in [-0.25, -0.2) is 4.98 Å². The largest absolute Gasteiger partial charge is 0.268 e. The summed E-state index contributed by atoms with van der Waals surface area (Å²) < 4.78 is 1.89. The van der Waals surface area contributed by atoms with Gasteiger partial charge in [0.25, 0.3) is 5.91 Å². The average Bonchev–Trinajstić information content (AvgIpc) is 3.60. The molecule has 9 aromatic rings. The zero-order valence-corrected chi connectivity index (χ0v) is 28.5. The van der Waals surface area contributed by atoms with Gasteiger partial charge in [0.1, 0.15) is 5.82 Å². The number of fused-ring (bicyclic) bond motifs is 6. The molecule has 0 amide bonds. The minimum atomic E-state index is -0.113. The Kier molecular flexibility index (Phi) is 7.40. The Labute approximate surface area is 297 Å². The summed E-state index contributed by atoms with van der Waals surface area (Å²) in [6.45, 7) is 4.42. The van der Waals surface area contributed by atoms with Crippen LogP contribution in [0.1, 0.15) is 21.5 Å². The maximum atomic E-state index is 15.1. The van der Waals surface area contributed by atoms with Crippen molar-refractivity contribution in [3.63, 3.8) is 0 Å². The van der Waals surface area contributed by atoms with Gasteiger partial charge in [0.05, 0.1) is 11.0 Å². The molecule has 0 fully saturated rings. The summed E-state index contributed by atoms with van der Waals surface area (Å²) in [6.07, 6.45) is 0. The van der Waals surface area contributed by atoms with E-state index in [1.165, 1.54) is 5.56 Å². The third-order valence-electron chi connectivity index (χ3n) is 10.2. The van der Waals surface area contributed by atoms with E-state index < -0.39 is 0 Å². The zero-order valence-electron chi connectivity index (χ0n) is 28.5. The monoisotopic (exact) mass is 654 g/mol. The van der Waals surface area contributed by atoms with Crippen LogP contribution in [0.25, 0.3) is 77.3 Å². The van der Waals surface area contributed by atoms with Crippen LogP contribution in [0.2, 0.25) is 0 Å². The van der Waals surface area contributed by atoms with Gasteiger partial charge in [-0.15, -0.1) is 0 Å². The van der Waals surface area contributed by atoms with Crippen molar-refractivity contribution in [3.05, 3.63) is 187 Å². The fourth-order valence-corrected chi connectivity index (χ4v) is 7.96. The Morgan fingerprint density at radius 2 is 0.804 bits per heavy atom. The number of rotatable bonds is 5. The number of nitrogens with zero attached hydrogens (tertiary/aromatic N) is 2. The highest BCUT2D eigenvalue weighted by atomic mass is 16.2. The highest BCUT2D eigenvalue weighted by Gasteiger charge is 2.30. The summed E-state index contributed by atoms with van der Waals surface area (Å²) in [6, 6.07) is 58.2. The molecule has 242 valence electrons. The fraction of sp³-hybridized carbons (Fsp3) is 0.0417. The molecule has 0 saturated carbocycles. The summed E-state index contributed by atoms with van der Waals surface area (Å²) in [4.78, 5) is 20.7. The number of hydrogen-bond acceptors (Lipinski definition) is 2. The first kappa shape index (κ1) is 30.5. The fourth-order valence-electron chi connectivity index (χ4n) is 7.96. The predicted molar refractivity (Wildman–Crippen MR) is 212 cm³/mol. The molecule has 0 spiro atoms. The van der Waals surface area contributed by atoms with Gasteiger partial charge in [0.15, 0.2) is 0 Å². The normalized spacial score (nSPS) is 11.4. The second-order valence-electron chi connectivity index (χ2n) is 13.1. The summed E-state index contributed by atoms with van der Waals surface area (Å²) >= 11 is 0. The van der Waals surface area contributed by atoms with Gasteiger partial charge in [0.2, 0.25) is 0 Å². The van der Waals surface area contributed by atoms with Gasteiger partial charge in [-0.3, -0.25) is 9.36 Å². The van der Waals surface area contributed by atoms with E-state index in [1.54, 1.807) is 0 Å². The van der Waals surface area contributed by atoms with Crippen LogP contribution in [0.5, 0.6) is 0 Å². The van der Waals surface area contributed by atoms with Crippen molar-refractivity contribution < 1.29 is 4.79 Å². The highest BCUT2D eigenvalue weighted by molar-refractivity contribution is 6.26. The van der Waals surface area contributed by atoms with Crippen molar-refractivity contribution in [2.75, 3.05) is 0 Å². The molecule has 0 unspecified atom stereocenters. The molecule has 51 heavy (non-hydrogen) atoms. The van der Waals surface area contributed by atoms with Crippen LogP contribution in [-0.2, 0) is 0 Å². The lowest BCUT2D eigenvalue weighted by atomic mass is 9.80. The van der Waals surface area contributed by atoms with Crippen LogP contribution in [0.15, 0.2) is 170 Å². The molecule has 3 nitrogen and oxygen atoms in total. The van der Waals surface area contributed by atoms with Gasteiger partial charge >= 0.3 is 0 Å². The van der Waals surface area contributed by atoms with Gasteiger partial charge in [-0.2, -0.15) is 0 Å². The number of carbonyl (C=O) groups excluding carboxylic acids is 1. The molecule has 1 aromatic heterocycles. The van der Waals surface area contributed by atoms with E-state index in [0.29, 0.717) is 11.4 Å². The molecular formula is C48H34N2O. The van der Waals surface area contributed by atoms with Crippen LogP contribution in [-0.4, -0.2) is 15.5 Å². The standard InChI is InChI=1S/C48H34N2O/c1-31-41(33-19-7-3-8-20-33)42(34-21-9-4-10-22-34)32(2)44(43(31)35-23-11-5-12-24-35)47-49-45-39-29-17-15-27-37(39)38-28-16-18-30-40(38)46(45)50(47)48(51)36-25-13-6-14-26-36/h3-30H,1-2H3. The maximum Gasteiger partial charge on any atom is 0.264 e.